The average molecular weight is 286 g/mol. The van der Waals surface area contributed by atoms with Crippen molar-refractivity contribution in [2.45, 2.75) is 0 Å². The number of ether oxygens (including phenoxy) is 2. The highest BCUT2D eigenvalue weighted by Crippen LogP contribution is 2.09. The van der Waals surface area contributed by atoms with Gasteiger partial charge in [-0.2, -0.15) is 5.10 Å². The van der Waals surface area contributed by atoms with E-state index in [1.807, 2.05) is 12.1 Å². The van der Waals surface area contributed by atoms with Gasteiger partial charge in [0.15, 0.2) is 6.61 Å². The van der Waals surface area contributed by atoms with Crippen LogP contribution in [0.25, 0.3) is 0 Å². The molecular formula is C14H14N4O3. The van der Waals surface area contributed by atoms with E-state index in [9.17, 15) is 4.79 Å². The molecule has 108 valence electrons. The van der Waals surface area contributed by atoms with Crippen molar-refractivity contribution in [2.75, 3.05) is 13.7 Å². The number of hydrogen-bond donors (Lipinski definition) is 1. The van der Waals surface area contributed by atoms with Crippen molar-refractivity contribution in [3.05, 3.63) is 48.4 Å². The Hall–Kier alpha value is -2.96. The van der Waals surface area contributed by atoms with Gasteiger partial charge < -0.3 is 9.47 Å². The second-order valence-corrected chi connectivity index (χ2v) is 3.90. The van der Waals surface area contributed by atoms with Crippen LogP contribution in [0, 0.1) is 0 Å². The van der Waals surface area contributed by atoms with E-state index in [2.05, 4.69) is 20.5 Å². The van der Waals surface area contributed by atoms with Crippen LogP contribution in [-0.4, -0.2) is 35.8 Å². The van der Waals surface area contributed by atoms with E-state index < -0.39 is 0 Å². The third-order valence-corrected chi connectivity index (χ3v) is 2.41. The molecule has 1 aromatic heterocycles. The number of carbonyl (C=O) groups excluding carboxylic acids is 1. The highest BCUT2D eigenvalue weighted by molar-refractivity contribution is 5.83. The van der Waals surface area contributed by atoms with E-state index in [0.717, 1.165) is 11.3 Å². The van der Waals surface area contributed by atoms with E-state index in [1.54, 1.807) is 19.2 Å². The molecule has 0 aliphatic heterocycles. The number of amides is 1. The van der Waals surface area contributed by atoms with Crippen LogP contribution in [0.3, 0.4) is 0 Å². The monoisotopic (exact) mass is 286 g/mol. The molecule has 1 heterocycles. The molecule has 2 aromatic rings. The van der Waals surface area contributed by atoms with Crippen LogP contribution in [0.4, 0.5) is 0 Å². The Labute approximate surface area is 121 Å². The molecule has 0 aliphatic rings. The van der Waals surface area contributed by atoms with Crippen molar-refractivity contribution in [2.24, 2.45) is 5.10 Å². The SMILES string of the molecule is COc1ccc(/C=N/NC(=O)COc2cnccn2)cc1. The summed E-state index contributed by atoms with van der Waals surface area (Å²) in [5.41, 5.74) is 3.19. The molecule has 0 atom stereocenters. The molecule has 0 aliphatic carbocycles. The molecule has 0 fully saturated rings. The lowest BCUT2D eigenvalue weighted by molar-refractivity contribution is -0.123. The Kier molecular flexibility index (Phi) is 5.22. The van der Waals surface area contributed by atoms with Gasteiger partial charge in [-0.25, -0.2) is 10.4 Å². The topological polar surface area (TPSA) is 85.7 Å². The van der Waals surface area contributed by atoms with Crippen molar-refractivity contribution in [1.82, 2.24) is 15.4 Å². The standard InChI is InChI=1S/C14H14N4O3/c1-20-12-4-2-11(3-5-12)8-17-18-13(19)10-21-14-9-15-6-7-16-14/h2-9H,10H2,1H3,(H,18,19)/b17-8+. The van der Waals surface area contributed by atoms with Gasteiger partial charge in [0.2, 0.25) is 5.88 Å². The van der Waals surface area contributed by atoms with Crippen LogP contribution in [0.2, 0.25) is 0 Å². The summed E-state index contributed by atoms with van der Waals surface area (Å²) in [6.07, 6.45) is 5.95. The molecule has 0 bridgehead atoms. The van der Waals surface area contributed by atoms with Gasteiger partial charge in [0, 0.05) is 12.4 Å². The first-order valence-electron chi connectivity index (χ1n) is 6.12. The van der Waals surface area contributed by atoms with Gasteiger partial charge in [0.05, 0.1) is 19.5 Å². The van der Waals surface area contributed by atoms with Crippen LogP contribution in [0.5, 0.6) is 11.6 Å². The lowest BCUT2D eigenvalue weighted by atomic mass is 10.2. The van der Waals surface area contributed by atoms with Crippen LogP contribution in [0.1, 0.15) is 5.56 Å². The zero-order valence-corrected chi connectivity index (χ0v) is 11.4. The Morgan fingerprint density at radius 1 is 1.33 bits per heavy atom. The van der Waals surface area contributed by atoms with Gasteiger partial charge in [-0.3, -0.25) is 9.78 Å². The lowest BCUT2D eigenvalue weighted by Gasteiger charge is -2.02. The molecule has 7 heteroatoms. The maximum absolute atomic E-state index is 11.5. The van der Waals surface area contributed by atoms with E-state index in [4.69, 9.17) is 9.47 Å². The number of nitrogens with zero attached hydrogens (tertiary/aromatic N) is 3. The molecular weight excluding hydrogens is 272 g/mol. The highest BCUT2D eigenvalue weighted by Gasteiger charge is 2.01. The summed E-state index contributed by atoms with van der Waals surface area (Å²) >= 11 is 0. The first-order valence-corrected chi connectivity index (χ1v) is 6.12. The molecule has 0 radical (unpaired) electrons. The first kappa shape index (κ1) is 14.4. The quantitative estimate of drug-likeness (QED) is 0.633. The molecule has 0 saturated carbocycles. The van der Waals surface area contributed by atoms with Crippen LogP contribution >= 0.6 is 0 Å². The van der Waals surface area contributed by atoms with Gasteiger partial charge >= 0.3 is 0 Å². The zero-order valence-electron chi connectivity index (χ0n) is 11.4. The number of nitrogens with one attached hydrogen (secondary N) is 1. The van der Waals surface area contributed by atoms with Crippen LogP contribution < -0.4 is 14.9 Å². The smallest absolute Gasteiger partial charge is 0.278 e. The number of aromatic nitrogens is 2. The number of carbonyl (C=O) groups is 1. The summed E-state index contributed by atoms with van der Waals surface area (Å²) in [7, 11) is 1.60. The summed E-state index contributed by atoms with van der Waals surface area (Å²) < 4.78 is 10.2. The number of hydrazone groups is 1. The maximum Gasteiger partial charge on any atom is 0.278 e. The fourth-order valence-electron chi connectivity index (χ4n) is 1.40. The number of benzene rings is 1. The predicted molar refractivity (Wildman–Crippen MR) is 76.3 cm³/mol. The summed E-state index contributed by atoms with van der Waals surface area (Å²) in [4.78, 5) is 19.2. The summed E-state index contributed by atoms with van der Waals surface area (Å²) in [5, 5.41) is 3.83. The van der Waals surface area contributed by atoms with Crippen molar-refractivity contribution in [1.29, 1.82) is 0 Å². The molecule has 0 spiro atoms. The second-order valence-electron chi connectivity index (χ2n) is 3.90. The Balaban J connectivity index is 1.76. The lowest BCUT2D eigenvalue weighted by Crippen LogP contribution is -2.24. The predicted octanol–water partition coefficient (Wildman–Crippen LogP) is 1.01. The van der Waals surface area contributed by atoms with Crippen LogP contribution in [0.15, 0.2) is 48.0 Å². The minimum Gasteiger partial charge on any atom is -0.497 e. The minimum absolute atomic E-state index is 0.182. The molecule has 21 heavy (non-hydrogen) atoms. The van der Waals surface area contributed by atoms with Crippen molar-refractivity contribution < 1.29 is 14.3 Å². The van der Waals surface area contributed by atoms with Crippen molar-refractivity contribution in [3.63, 3.8) is 0 Å². The second kappa shape index (κ2) is 7.59. The average Bonchev–Trinajstić information content (AvgIpc) is 2.54. The third kappa shape index (κ3) is 4.90. The Morgan fingerprint density at radius 3 is 2.81 bits per heavy atom. The van der Waals surface area contributed by atoms with Crippen LogP contribution in [-0.2, 0) is 4.79 Å². The van der Waals surface area contributed by atoms with Gasteiger partial charge in [-0.1, -0.05) is 0 Å². The summed E-state index contributed by atoms with van der Waals surface area (Å²) in [6.45, 7) is -0.182. The number of methoxy groups -OCH3 is 1. The first-order chi connectivity index (χ1) is 10.3. The molecule has 1 aromatic carbocycles. The van der Waals surface area contributed by atoms with E-state index in [-0.39, 0.29) is 18.4 Å². The minimum atomic E-state index is -0.384. The van der Waals surface area contributed by atoms with Gasteiger partial charge in [0.25, 0.3) is 5.91 Å². The van der Waals surface area contributed by atoms with E-state index >= 15 is 0 Å². The van der Waals surface area contributed by atoms with Gasteiger partial charge in [-0.05, 0) is 29.8 Å². The summed E-state index contributed by atoms with van der Waals surface area (Å²) in [5.74, 6) is 0.658. The Morgan fingerprint density at radius 2 is 2.14 bits per heavy atom. The number of rotatable bonds is 6. The zero-order chi connectivity index (χ0) is 14.9. The van der Waals surface area contributed by atoms with Gasteiger partial charge in [0.1, 0.15) is 5.75 Å². The fourth-order valence-corrected chi connectivity index (χ4v) is 1.40. The molecule has 1 N–H and O–H groups in total. The van der Waals surface area contributed by atoms with Crippen molar-refractivity contribution in [3.8, 4) is 11.6 Å². The maximum atomic E-state index is 11.5. The van der Waals surface area contributed by atoms with E-state index in [1.165, 1.54) is 24.8 Å². The summed E-state index contributed by atoms with van der Waals surface area (Å²) in [6, 6.07) is 7.26. The van der Waals surface area contributed by atoms with E-state index in [0.29, 0.717) is 0 Å². The molecule has 0 unspecified atom stereocenters. The molecule has 1 amide bonds. The normalized spacial score (nSPS) is 10.3. The fraction of sp³-hybridized carbons (Fsp3) is 0.143. The Bertz CT molecular complexity index is 599. The van der Waals surface area contributed by atoms with Crippen molar-refractivity contribution >= 4 is 12.1 Å². The molecule has 7 nitrogen and oxygen atoms in total. The van der Waals surface area contributed by atoms with Gasteiger partial charge in [-0.15, -0.1) is 0 Å². The third-order valence-electron chi connectivity index (χ3n) is 2.41. The highest BCUT2D eigenvalue weighted by atomic mass is 16.5. The number of hydrogen-bond acceptors (Lipinski definition) is 6. The molecule has 0 saturated heterocycles. The molecule has 2 rings (SSSR count). The largest absolute Gasteiger partial charge is 0.497 e.